The summed E-state index contributed by atoms with van der Waals surface area (Å²) in [5.41, 5.74) is 3.18. The van der Waals surface area contributed by atoms with E-state index in [1.54, 1.807) is 23.1 Å². The quantitative estimate of drug-likeness (QED) is 0.332. The Morgan fingerprint density at radius 2 is 1.81 bits per heavy atom. The predicted octanol–water partition coefficient (Wildman–Crippen LogP) is 6.18. The van der Waals surface area contributed by atoms with Gasteiger partial charge in [0.2, 0.25) is 0 Å². The Kier molecular flexibility index (Phi) is 6.70. The van der Waals surface area contributed by atoms with Gasteiger partial charge in [0.25, 0.3) is 5.91 Å². The molecule has 7 heteroatoms. The summed E-state index contributed by atoms with van der Waals surface area (Å²) in [4.78, 5) is 12.7. The number of rotatable bonds is 7. The van der Waals surface area contributed by atoms with Crippen LogP contribution >= 0.6 is 27.5 Å². The molecule has 4 rings (SSSR count). The number of halogens is 2. The van der Waals surface area contributed by atoms with Crippen molar-refractivity contribution >= 4 is 39.1 Å². The molecule has 0 fully saturated rings. The smallest absolute Gasteiger partial charge is 0.255 e. The highest BCUT2D eigenvalue weighted by molar-refractivity contribution is 9.10. The van der Waals surface area contributed by atoms with Crippen LogP contribution in [-0.2, 0) is 13.2 Å². The minimum atomic E-state index is -0.198. The van der Waals surface area contributed by atoms with Gasteiger partial charge in [-0.25, -0.2) is 0 Å². The van der Waals surface area contributed by atoms with Crippen LogP contribution in [0.5, 0.6) is 5.75 Å². The van der Waals surface area contributed by atoms with Crippen molar-refractivity contribution < 1.29 is 9.53 Å². The Bertz CT molecular complexity index is 1170. The van der Waals surface area contributed by atoms with Crippen LogP contribution in [0.4, 0.5) is 5.69 Å². The first-order chi connectivity index (χ1) is 15.0. The van der Waals surface area contributed by atoms with E-state index in [2.05, 4.69) is 26.3 Å². The van der Waals surface area contributed by atoms with Gasteiger partial charge in [-0.2, -0.15) is 5.10 Å². The van der Waals surface area contributed by atoms with Gasteiger partial charge in [-0.05, 0) is 59.7 Å². The first-order valence-corrected chi connectivity index (χ1v) is 10.8. The Labute approximate surface area is 193 Å². The third-order valence-corrected chi connectivity index (χ3v) is 5.34. The third kappa shape index (κ3) is 5.96. The zero-order chi connectivity index (χ0) is 21.6. The lowest BCUT2D eigenvalue weighted by Gasteiger charge is -2.08. The molecule has 0 aliphatic heterocycles. The fraction of sp³-hybridized carbons (Fsp3) is 0.0833. The molecule has 0 aliphatic rings. The van der Waals surface area contributed by atoms with Crippen LogP contribution in [0.1, 0.15) is 21.5 Å². The third-order valence-electron chi connectivity index (χ3n) is 4.56. The molecule has 0 radical (unpaired) electrons. The Hall–Kier alpha value is -3.09. The van der Waals surface area contributed by atoms with Crippen molar-refractivity contribution in [2.75, 3.05) is 5.32 Å². The molecule has 156 valence electrons. The summed E-state index contributed by atoms with van der Waals surface area (Å²) in [7, 11) is 0. The maximum Gasteiger partial charge on any atom is 0.255 e. The minimum Gasteiger partial charge on any atom is -0.489 e. The summed E-state index contributed by atoms with van der Waals surface area (Å²) in [6, 6.07) is 22.6. The number of nitrogens with one attached hydrogen (secondary N) is 1. The van der Waals surface area contributed by atoms with Gasteiger partial charge < -0.3 is 10.1 Å². The van der Waals surface area contributed by atoms with Crippen molar-refractivity contribution in [1.29, 1.82) is 0 Å². The van der Waals surface area contributed by atoms with Crippen LogP contribution in [0.3, 0.4) is 0 Å². The highest BCUT2D eigenvalue weighted by Gasteiger charge is 2.09. The van der Waals surface area contributed by atoms with Crippen molar-refractivity contribution in [3.8, 4) is 5.75 Å². The molecule has 3 aromatic carbocycles. The van der Waals surface area contributed by atoms with Gasteiger partial charge in [0.05, 0.1) is 18.4 Å². The van der Waals surface area contributed by atoms with E-state index in [1.165, 1.54) is 0 Å². The first kappa shape index (κ1) is 21.2. The molecule has 0 saturated carbocycles. The maximum absolute atomic E-state index is 12.7. The van der Waals surface area contributed by atoms with Gasteiger partial charge in [0.1, 0.15) is 12.4 Å². The minimum absolute atomic E-state index is 0.198. The van der Waals surface area contributed by atoms with Gasteiger partial charge in [-0.1, -0.05) is 51.8 Å². The molecule has 4 aromatic rings. The number of benzene rings is 3. The second-order valence-electron chi connectivity index (χ2n) is 6.95. The largest absolute Gasteiger partial charge is 0.489 e. The van der Waals surface area contributed by atoms with Gasteiger partial charge in [-0.15, -0.1) is 0 Å². The number of ether oxygens (including phenoxy) is 1. The fourth-order valence-electron chi connectivity index (χ4n) is 2.99. The lowest BCUT2D eigenvalue weighted by Crippen LogP contribution is -2.12. The summed E-state index contributed by atoms with van der Waals surface area (Å²) in [6.07, 6.45) is 3.43. The van der Waals surface area contributed by atoms with Crippen molar-refractivity contribution in [3.05, 3.63) is 111 Å². The molecular weight excluding hydrogens is 478 g/mol. The Morgan fingerprint density at radius 1 is 1.03 bits per heavy atom. The molecule has 0 saturated heterocycles. The van der Waals surface area contributed by atoms with Crippen LogP contribution < -0.4 is 10.1 Å². The lowest BCUT2D eigenvalue weighted by atomic mass is 10.1. The number of hydrogen-bond acceptors (Lipinski definition) is 3. The average Bonchev–Trinajstić information content (AvgIpc) is 3.22. The molecule has 0 aliphatic carbocycles. The second kappa shape index (κ2) is 9.81. The molecule has 31 heavy (non-hydrogen) atoms. The van der Waals surface area contributed by atoms with Crippen LogP contribution in [-0.4, -0.2) is 15.7 Å². The molecule has 1 aromatic heterocycles. The number of anilines is 1. The van der Waals surface area contributed by atoms with Crippen LogP contribution in [0.15, 0.2) is 89.7 Å². The van der Waals surface area contributed by atoms with Gasteiger partial charge >= 0.3 is 0 Å². The van der Waals surface area contributed by atoms with E-state index in [0.29, 0.717) is 29.4 Å². The molecule has 0 atom stereocenters. The highest BCUT2D eigenvalue weighted by atomic mass is 79.9. The molecule has 1 heterocycles. The fourth-order valence-corrected chi connectivity index (χ4v) is 3.38. The van der Waals surface area contributed by atoms with Crippen LogP contribution in [0, 0.1) is 0 Å². The van der Waals surface area contributed by atoms with Crippen molar-refractivity contribution in [3.63, 3.8) is 0 Å². The molecule has 1 N–H and O–H groups in total. The molecule has 0 spiro atoms. The van der Waals surface area contributed by atoms with E-state index in [-0.39, 0.29) is 5.91 Å². The van der Waals surface area contributed by atoms with E-state index in [9.17, 15) is 4.79 Å². The number of aromatic nitrogens is 2. The van der Waals surface area contributed by atoms with E-state index in [4.69, 9.17) is 16.3 Å². The Balaban J connectivity index is 1.36. The zero-order valence-corrected chi connectivity index (χ0v) is 18.8. The lowest BCUT2D eigenvalue weighted by molar-refractivity contribution is 0.102. The maximum atomic E-state index is 12.7. The summed E-state index contributed by atoms with van der Waals surface area (Å²) >= 11 is 9.33. The topological polar surface area (TPSA) is 56.2 Å². The van der Waals surface area contributed by atoms with Crippen LogP contribution in [0.25, 0.3) is 0 Å². The monoisotopic (exact) mass is 495 g/mol. The average molecular weight is 497 g/mol. The predicted molar refractivity (Wildman–Crippen MR) is 126 cm³/mol. The summed E-state index contributed by atoms with van der Waals surface area (Å²) < 4.78 is 8.55. The van der Waals surface area contributed by atoms with Crippen molar-refractivity contribution in [1.82, 2.24) is 9.78 Å². The number of carbonyl (C=O) groups excluding carboxylic acids is 1. The van der Waals surface area contributed by atoms with Gasteiger partial charge in [-0.3, -0.25) is 9.48 Å². The molecule has 0 unspecified atom stereocenters. The summed E-state index contributed by atoms with van der Waals surface area (Å²) in [6.45, 7) is 0.970. The van der Waals surface area contributed by atoms with Crippen molar-refractivity contribution in [2.45, 2.75) is 13.2 Å². The highest BCUT2D eigenvalue weighted by Crippen LogP contribution is 2.18. The molecule has 0 bridgehead atoms. The van der Waals surface area contributed by atoms with Crippen molar-refractivity contribution in [2.24, 2.45) is 0 Å². The van der Waals surface area contributed by atoms with Gasteiger partial charge in [0, 0.05) is 21.3 Å². The summed E-state index contributed by atoms with van der Waals surface area (Å²) in [5.74, 6) is 0.572. The van der Waals surface area contributed by atoms with E-state index in [0.717, 1.165) is 21.3 Å². The van der Waals surface area contributed by atoms with E-state index < -0.39 is 0 Å². The molecule has 5 nitrogen and oxygen atoms in total. The molecular formula is C24H19BrClN3O2. The van der Waals surface area contributed by atoms with E-state index in [1.807, 2.05) is 66.7 Å². The Morgan fingerprint density at radius 3 is 2.58 bits per heavy atom. The number of amides is 1. The summed E-state index contributed by atoms with van der Waals surface area (Å²) in [5, 5.41) is 7.90. The molecule has 1 amide bonds. The standard InChI is InChI=1S/C24H19BrClN3O2/c25-20-6-10-23(11-7-20)31-16-18-2-1-3-19(12-18)24(30)28-22-13-27-29(15-22)14-17-4-8-21(26)9-5-17/h1-13,15H,14,16H2,(H,28,30). The first-order valence-electron chi connectivity index (χ1n) is 9.61. The SMILES string of the molecule is O=C(Nc1cnn(Cc2ccc(Cl)cc2)c1)c1cccc(COc2ccc(Br)cc2)c1. The number of nitrogens with zero attached hydrogens (tertiary/aromatic N) is 2. The zero-order valence-electron chi connectivity index (χ0n) is 16.5. The second-order valence-corrected chi connectivity index (χ2v) is 8.30. The van der Waals surface area contributed by atoms with Crippen LogP contribution in [0.2, 0.25) is 5.02 Å². The van der Waals surface area contributed by atoms with E-state index >= 15 is 0 Å². The van der Waals surface area contributed by atoms with Gasteiger partial charge in [0.15, 0.2) is 0 Å². The number of carbonyl (C=O) groups is 1. The normalized spacial score (nSPS) is 10.6. The number of hydrogen-bond donors (Lipinski definition) is 1.